The van der Waals surface area contributed by atoms with Gasteiger partial charge in [-0.05, 0) is 30.7 Å². The summed E-state index contributed by atoms with van der Waals surface area (Å²) >= 11 is 0. The molecule has 2 nitrogen and oxygen atoms in total. The molecule has 1 atom stereocenters. The molecule has 20 heavy (non-hydrogen) atoms. The Morgan fingerprint density at radius 1 is 1.05 bits per heavy atom. The van der Waals surface area contributed by atoms with Crippen LogP contribution in [0.1, 0.15) is 63.4 Å². The van der Waals surface area contributed by atoms with Crippen LogP contribution in [0.3, 0.4) is 0 Å². The molecule has 2 heteroatoms. The van der Waals surface area contributed by atoms with Crippen molar-refractivity contribution < 1.29 is 0 Å². The van der Waals surface area contributed by atoms with Crippen LogP contribution >= 0.6 is 0 Å². The van der Waals surface area contributed by atoms with E-state index >= 15 is 0 Å². The summed E-state index contributed by atoms with van der Waals surface area (Å²) in [7, 11) is 0. The molecule has 0 saturated heterocycles. The first-order valence-electron chi connectivity index (χ1n) is 8.37. The predicted octanol–water partition coefficient (Wildman–Crippen LogP) is 3.91. The Morgan fingerprint density at radius 3 is 2.30 bits per heavy atom. The first-order chi connectivity index (χ1) is 9.85. The predicted molar refractivity (Wildman–Crippen MR) is 84.3 cm³/mol. The van der Waals surface area contributed by atoms with Crippen molar-refractivity contribution in [2.45, 2.75) is 69.2 Å². The van der Waals surface area contributed by atoms with Crippen molar-refractivity contribution in [3.63, 3.8) is 0 Å². The van der Waals surface area contributed by atoms with Crippen molar-refractivity contribution in [2.24, 2.45) is 11.8 Å². The molecular formula is C18H28N2. The zero-order valence-electron chi connectivity index (χ0n) is 12.5. The van der Waals surface area contributed by atoms with Crippen molar-refractivity contribution in [3.05, 3.63) is 35.9 Å². The summed E-state index contributed by atoms with van der Waals surface area (Å²) in [6, 6.07) is 11.5. The van der Waals surface area contributed by atoms with Crippen molar-refractivity contribution in [3.8, 4) is 0 Å². The van der Waals surface area contributed by atoms with E-state index in [0.29, 0.717) is 6.04 Å². The average Bonchev–Trinajstić information content (AvgIpc) is 3.18. The van der Waals surface area contributed by atoms with E-state index < -0.39 is 0 Å². The van der Waals surface area contributed by atoms with Gasteiger partial charge in [0, 0.05) is 11.5 Å². The highest BCUT2D eigenvalue weighted by Crippen LogP contribution is 2.46. The minimum Gasteiger partial charge on any atom is -0.271 e. The fourth-order valence-electron chi connectivity index (χ4n) is 4.65. The molecule has 1 aromatic carbocycles. The van der Waals surface area contributed by atoms with Crippen LogP contribution in [0.15, 0.2) is 30.3 Å². The van der Waals surface area contributed by atoms with E-state index in [1.807, 2.05) is 0 Å². The molecule has 0 aromatic heterocycles. The van der Waals surface area contributed by atoms with Gasteiger partial charge in [-0.3, -0.25) is 11.3 Å². The van der Waals surface area contributed by atoms with E-state index in [9.17, 15) is 0 Å². The summed E-state index contributed by atoms with van der Waals surface area (Å²) in [5.41, 5.74) is 4.99. The van der Waals surface area contributed by atoms with Crippen LogP contribution in [0.5, 0.6) is 0 Å². The summed E-state index contributed by atoms with van der Waals surface area (Å²) in [4.78, 5) is 0. The maximum atomic E-state index is 6.00. The molecule has 2 aliphatic carbocycles. The molecule has 3 N–H and O–H groups in total. The van der Waals surface area contributed by atoms with Gasteiger partial charge in [0.15, 0.2) is 0 Å². The fraction of sp³-hybridized carbons (Fsp3) is 0.667. The highest BCUT2D eigenvalue weighted by molar-refractivity contribution is 5.29. The van der Waals surface area contributed by atoms with Gasteiger partial charge >= 0.3 is 0 Å². The van der Waals surface area contributed by atoms with Gasteiger partial charge < -0.3 is 0 Å². The van der Waals surface area contributed by atoms with Crippen LogP contribution in [0.2, 0.25) is 0 Å². The Bertz CT molecular complexity index is 403. The quantitative estimate of drug-likeness (QED) is 0.630. The largest absolute Gasteiger partial charge is 0.271 e. The number of hydrogen-bond acceptors (Lipinski definition) is 2. The van der Waals surface area contributed by atoms with Crippen molar-refractivity contribution in [1.29, 1.82) is 0 Å². The maximum absolute atomic E-state index is 6.00. The second-order valence-corrected chi connectivity index (χ2v) is 6.83. The normalized spacial score (nSPS) is 24.1. The van der Waals surface area contributed by atoms with E-state index in [4.69, 9.17) is 5.84 Å². The number of hydrazine groups is 1. The second-order valence-electron chi connectivity index (χ2n) is 6.83. The number of benzene rings is 1. The number of nitrogens with two attached hydrogens (primary N) is 1. The molecule has 0 heterocycles. The molecule has 1 unspecified atom stereocenters. The lowest BCUT2D eigenvalue weighted by atomic mass is 9.70. The monoisotopic (exact) mass is 272 g/mol. The number of nitrogens with one attached hydrogen (secondary N) is 1. The highest BCUT2D eigenvalue weighted by atomic mass is 15.2. The summed E-state index contributed by atoms with van der Waals surface area (Å²) < 4.78 is 0. The van der Waals surface area contributed by atoms with E-state index in [0.717, 1.165) is 5.92 Å². The van der Waals surface area contributed by atoms with E-state index in [1.165, 1.54) is 63.4 Å². The van der Waals surface area contributed by atoms with Gasteiger partial charge in [0.1, 0.15) is 0 Å². The van der Waals surface area contributed by atoms with Crippen LogP contribution in [0.4, 0.5) is 0 Å². The Hall–Kier alpha value is -0.860. The van der Waals surface area contributed by atoms with Gasteiger partial charge in [-0.2, -0.15) is 0 Å². The summed E-state index contributed by atoms with van der Waals surface area (Å²) in [5.74, 6) is 6.89. The van der Waals surface area contributed by atoms with Crippen molar-refractivity contribution in [1.82, 2.24) is 5.43 Å². The molecule has 2 aliphatic rings. The number of hydrogen-bond donors (Lipinski definition) is 2. The molecule has 0 radical (unpaired) electrons. The molecule has 110 valence electrons. The van der Waals surface area contributed by atoms with Crippen molar-refractivity contribution >= 4 is 0 Å². The van der Waals surface area contributed by atoms with Gasteiger partial charge in [0.2, 0.25) is 0 Å². The van der Waals surface area contributed by atoms with E-state index in [-0.39, 0.29) is 5.41 Å². The maximum Gasteiger partial charge on any atom is 0.0309 e. The standard InChI is InChI=1S/C18H28N2/c19-20-17(14-15-8-4-5-9-15)18(12-6-7-13-18)16-10-2-1-3-11-16/h1-3,10-11,15,17,20H,4-9,12-14,19H2. The molecular weight excluding hydrogens is 244 g/mol. The Kier molecular flexibility index (Phi) is 4.42. The van der Waals surface area contributed by atoms with E-state index in [1.54, 1.807) is 0 Å². The van der Waals surface area contributed by atoms with Crippen LogP contribution in [-0.2, 0) is 5.41 Å². The van der Waals surface area contributed by atoms with Crippen LogP contribution < -0.4 is 11.3 Å². The third-order valence-corrected chi connectivity index (χ3v) is 5.76. The SMILES string of the molecule is NNC(CC1CCCC1)C1(c2ccccc2)CCCC1. The minimum absolute atomic E-state index is 0.276. The third kappa shape index (κ3) is 2.64. The van der Waals surface area contributed by atoms with Crippen LogP contribution in [-0.4, -0.2) is 6.04 Å². The summed E-state index contributed by atoms with van der Waals surface area (Å²) in [5, 5.41) is 0. The topological polar surface area (TPSA) is 38.0 Å². The Morgan fingerprint density at radius 2 is 1.70 bits per heavy atom. The first-order valence-corrected chi connectivity index (χ1v) is 8.37. The zero-order valence-corrected chi connectivity index (χ0v) is 12.5. The zero-order chi connectivity index (χ0) is 13.8. The van der Waals surface area contributed by atoms with Gasteiger partial charge in [-0.25, -0.2) is 0 Å². The molecule has 0 bridgehead atoms. The smallest absolute Gasteiger partial charge is 0.0309 e. The Labute approximate surface area is 123 Å². The van der Waals surface area contributed by atoms with Gasteiger partial charge in [-0.15, -0.1) is 0 Å². The van der Waals surface area contributed by atoms with Gasteiger partial charge in [0.05, 0.1) is 0 Å². The molecule has 2 fully saturated rings. The third-order valence-electron chi connectivity index (χ3n) is 5.76. The molecule has 0 aliphatic heterocycles. The fourth-order valence-corrected chi connectivity index (χ4v) is 4.65. The van der Waals surface area contributed by atoms with Gasteiger partial charge in [-0.1, -0.05) is 68.9 Å². The van der Waals surface area contributed by atoms with Gasteiger partial charge in [0.25, 0.3) is 0 Å². The number of rotatable bonds is 5. The lowest BCUT2D eigenvalue weighted by Crippen LogP contribution is -2.50. The summed E-state index contributed by atoms with van der Waals surface area (Å²) in [6.45, 7) is 0. The molecule has 0 amide bonds. The lowest BCUT2D eigenvalue weighted by molar-refractivity contribution is 0.250. The van der Waals surface area contributed by atoms with Crippen LogP contribution in [0, 0.1) is 5.92 Å². The summed E-state index contributed by atoms with van der Waals surface area (Å²) in [6.07, 6.45) is 12.2. The lowest BCUT2D eigenvalue weighted by Gasteiger charge is -2.39. The molecule has 0 spiro atoms. The Balaban J connectivity index is 1.84. The van der Waals surface area contributed by atoms with Crippen molar-refractivity contribution in [2.75, 3.05) is 0 Å². The first kappa shape index (κ1) is 14.1. The highest BCUT2D eigenvalue weighted by Gasteiger charge is 2.43. The molecule has 3 rings (SSSR count). The average molecular weight is 272 g/mol. The second kappa shape index (κ2) is 6.28. The van der Waals surface area contributed by atoms with E-state index in [2.05, 4.69) is 35.8 Å². The molecule has 1 aromatic rings. The molecule has 2 saturated carbocycles. The minimum atomic E-state index is 0.276. The van der Waals surface area contributed by atoms with Crippen LogP contribution in [0.25, 0.3) is 0 Å².